The minimum Gasteiger partial charge on any atom is -0.338 e. The van der Waals surface area contributed by atoms with Crippen LogP contribution in [-0.4, -0.2) is 16.7 Å². The van der Waals surface area contributed by atoms with Crippen LogP contribution in [0.3, 0.4) is 0 Å². The van der Waals surface area contributed by atoms with E-state index in [1.165, 1.54) is 5.56 Å². The van der Waals surface area contributed by atoms with Crippen molar-refractivity contribution in [1.29, 1.82) is 0 Å². The summed E-state index contributed by atoms with van der Waals surface area (Å²) in [6, 6.07) is 8.33. The molecule has 2 aromatic rings. The molecule has 1 aliphatic rings. The van der Waals surface area contributed by atoms with Gasteiger partial charge in [-0.25, -0.2) is 0 Å². The van der Waals surface area contributed by atoms with E-state index in [0.717, 1.165) is 18.4 Å². The van der Waals surface area contributed by atoms with Gasteiger partial charge in [-0.15, -0.1) is 0 Å². The van der Waals surface area contributed by atoms with Crippen LogP contribution in [0.15, 0.2) is 28.8 Å². The van der Waals surface area contributed by atoms with Crippen molar-refractivity contribution in [1.82, 2.24) is 10.1 Å². The summed E-state index contributed by atoms with van der Waals surface area (Å²) in [6.45, 7) is 4.94. The maximum Gasteiger partial charge on any atom is 0.234 e. The van der Waals surface area contributed by atoms with E-state index in [9.17, 15) is 0 Å². The molecule has 2 N–H and O–H groups in total. The van der Waals surface area contributed by atoms with Crippen LogP contribution in [0.5, 0.6) is 0 Å². The van der Waals surface area contributed by atoms with Crippen LogP contribution in [0, 0.1) is 0 Å². The molecular formula is C15H19N3O. The van der Waals surface area contributed by atoms with Gasteiger partial charge < -0.3 is 10.3 Å². The second-order valence-corrected chi connectivity index (χ2v) is 5.68. The third-order valence-corrected chi connectivity index (χ3v) is 3.96. The van der Waals surface area contributed by atoms with Crippen LogP contribution in [0.1, 0.15) is 44.1 Å². The number of rotatable bonds is 4. The summed E-state index contributed by atoms with van der Waals surface area (Å²) in [4.78, 5) is 4.50. The standard InChI is InChI=1S/C15H19N3O/c1-10(2)11-3-5-12(6-4-11)13-17-14(19-18-13)15(9-16)7-8-15/h3-6,10H,7-9,16H2,1-2H3. The third kappa shape index (κ3) is 2.16. The lowest BCUT2D eigenvalue weighted by Gasteiger charge is -2.05. The Kier molecular flexibility index (Phi) is 2.90. The Balaban J connectivity index is 1.86. The minimum atomic E-state index is -0.0386. The Hall–Kier alpha value is -1.68. The lowest BCUT2D eigenvalue weighted by Crippen LogP contribution is -2.19. The molecule has 0 amide bonds. The Morgan fingerprint density at radius 2 is 1.95 bits per heavy atom. The first kappa shape index (κ1) is 12.4. The summed E-state index contributed by atoms with van der Waals surface area (Å²) in [7, 11) is 0. The molecule has 19 heavy (non-hydrogen) atoms. The van der Waals surface area contributed by atoms with Crippen LogP contribution in [0.2, 0.25) is 0 Å². The van der Waals surface area contributed by atoms with E-state index in [-0.39, 0.29) is 5.41 Å². The highest BCUT2D eigenvalue weighted by Crippen LogP contribution is 2.46. The van der Waals surface area contributed by atoms with Crippen molar-refractivity contribution >= 4 is 0 Å². The largest absolute Gasteiger partial charge is 0.338 e. The highest BCUT2D eigenvalue weighted by molar-refractivity contribution is 5.55. The van der Waals surface area contributed by atoms with Crippen molar-refractivity contribution < 1.29 is 4.52 Å². The lowest BCUT2D eigenvalue weighted by atomic mass is 10.0. The fraction of sp³-hybridized carbons (Fsp3) is 0.467. The maximum atomic E-state index is 5.77. The number of benzene rings is 1. The molecule has 0 saturated heterocycles. The van der Waals surface area contributed by atoms with Gasteiger partial charge in [-0.05, 0) is 24.3 Å². The van der Waals surface area contributed by atoms with Crippen molar-refractivity contribution in [2.24, 2.45) is 5.73 Å². The third-order valence-electron chi connectivity index (χ3n) is 3.96. The van der Waals surface area contributed by atoms with Crippen LogP contribution in [-0.2, 0) is 5.41 Å². The smallest absolute Gasteiger partial charge is 0.234 e. The Bertz CT molecular complexity index is 567. The number of hydrogen-bond acceptors (Lipinski definition) is 4. The van der Waals surface area contributed by atoms with E-state index in [1.807, 2.05) is 12.1 Å². The Morgan fingerprint density at radius 1 is 1.26 bits per heavy atom. The number of nitrogens with two attached hydrogens (primary N) is 1. The lowest BCUT2D eigenvalue weighted by molar-refractivity contribution is 0.347. The SMILES string of the molecule is CC(C)c1ccc(-c2noc(C3(CN)CC3)n2)cc1. The summed E-state index contributed by atoms with van der Waals surface area (Å²) in [6.07, 6.45) is 2.11. The minimum absolute atomic E-state index is 0.0386. The van der Waals surface area contributed by atoms with Crippen LogP contribution in [0.25, 0.3) is 11.4 Å². The first-order chi connectivity index (χ1) is 9.14. The van der Waals surface area contributed by atoms with Gasteiger partial charge in [-0.1, -0.05) is 43.3 Å². The van der Waals surface area contributed by atoms with Gasteiger partial charge in [0.2, 0.25) is 11.7 Å². The molecule has 0 aliphatic heterocycles. The second-order valence-electron chi connectivity index (χ2n) is 5.68. The van der Waals surface area contributed by atoms with Crippen LogP contribution < -0.4 is 5.73 Å². The molecule has 1 aromatic heterocycles. The molecule has 1 fully saturated rings. The highest BCUT2D eigenvalue weighted by atomic mass is 16.5. The zero-order chi connectivity index (χ0) is 13.5. The van der Waals surface area contributed by atoms with Gasteiger partial charge in [0.25, 0.3) is 0 Å². The number of aromatic nitrogens is 2. The van der Waals surface area contributed by atoms with Crippen LogP contribution in [0.4, 0.5) is 0 Å². The molecule has 0 atom stereocenters. The second kappa shape index (κ2) is 4.46. The van der Waals surface area contributed by atoms with E-state index < -0.39 is 0 Å². The highest BCUT2D eigenvalue weighted by Gasteiger charge is 2.48. The van der Waals surface area contributed by atoms with Crippen LogP contribution >= 0.6 is 0 Å². The first-order valence-corrected chi connectivity index (χ1v) is 6.79. The van der Waals surface area contributed by atoms with Crippen molar-refractivity contribution in [2.45, 2.75) is 38.0 Å². The molecule has 1 heterocycles. The normalized spacial score (nSPS) is 16.8. The van der Waals surface area contributed by atoms with E-state index in [1.54, 1.807) is 0 Å². The fourth-order valence-corrected chi connectivity index (χ4v) is 2.23. The average molecular weight is 257 g/mol. The van der Waals surface area contributed by atoms with Crippen molar-refractivity contribution in [3.63, 3.8) is 0 Å². The van der Waals surface area contributed by atoms with Crippen molar-refractivity contribution in [2.75, 3.05) is 6.54 Å². The quantitative estimate of drug-likeness (QED) is 0.914. The predicted molar refractivity (Wildman–Crippen MR) is 73.8 cm³/mol. The van der Waals surface area contributed by atoms with Gasteiger partial charge in [0.05, 0.1) is 5.41 Å². The molecule has 0 radical (unpaired) electrons. The molecule has 0 bridgehead atoms. The Labute approximate surface area is 113 Å². The van der Waals surface area contributed by atoms with E-state index >= 15 is 0 Å². The molecule has 1 aliphatic carbocycles. The molecule has 3 rings (SSSR count). The zero-order valence-corrected chi connectivity index (χ0v) is 11.4. The molecular weight excluding hydrogens is 238 g/mol. The topological polar surface area (TPSA) is 64.9 Å². The molecule has 4 heteroatoms. The zero-order valence-electron chi connectivity index (χ0n) is 11.4. The van der Waals surface area contributed by atoms with E-state index in [4.69, 9.17) is 10.3 Å². The predicted octanol–water partition coefficient (Wildman–Crippen LogP) is 2.85. The maximum absolute atomic E-state index is 5.77. The van der Waals surface area contributed by atoms with Gasteiger partial charge in [0, 0.05) is 12.1 Å². The average Bonchev–Trinajstić information content (AvgIpc) is 3.08. The monoisotopic (exact) mass is 257 g/mol. The van der Waals surface area contributed by atoms with Gasteiger partial charge in [-0.2, -0.15) is 4.98 Å². The van der Waals surface area contributed by atoms with Gasteiger partial charge >= 0.3 is 0 Å². The Morgan fingerprint density at radius 3 is 2.47 bits per heavy atom. The summed E-state index contributed by atoms with van der Waals surface area (Å²) in [5.41, 5.74) is 8.04. The molecule has 1 aromatic carbocycles. The van der Waals surface area contributed by atoms with Crippen molar-refractivity contribution in [3.8, 4) is 11.4 Å². The number of nitrogens with zero attached hydrogens (tertiary/aromatic N) is 2. The van der Waals surface area contributed by atoms with Crippen molar-refractivity contribution in [3.05, 3.63) is 35.7 Å². The van der Waals surface area contributed by atoms with E-state index in [0.29, 0.717) is 24.2 Å². The van der Waals surface area contributed by atoms with Gasteiger partial charge in [-0.3, -0.25) is 0 Å². The summed E-state index contributed by atoms with van der Waals surface area (Å²) in [5, 5.41) is 4.07. The summed E-state index contributed by atoms with van der Waals surface area (Å²) >= 11 is 0. The molecule has 0 unspecified atom stereocenters. The van der Waals surface area contributed by atoms with Gasteiger partial charge in [0.15, 0.2) is 0 Å². The van der Waals surface area contributed by atoms with Gasteiger partial charge in [0.1, 0.15) is 0 Å². The molecule has 1 saturated carbocycles. The first-order valence-electron chi connectivity index (χ1n) is 6.79. The summed E-state index contributed by atoms with van der Waals surface area (Å²) < 4.78 is 5.37. The molecule has 4 nitrogen and oxygen atoms in total. The molecule has 100 valence electrons. The summed E-state index contributed by atoms with van der Waals surface area (Å²) in [5.74, 6) is 1.88. The van der Waals surface area contributed by atoms with E-state index in [2.05, 4.69) is 36.1 Å². The number of hydrogen-bond donors (Lipinski definition) is 1. The molecule has 0 spiro atoms. The fourth-order valence-electron chi connectivity index (χ4n) is 2.23.